The molecule has 1 aliphatic rings. The highest BCUT2D eigenvalue weighted by Gasteiger charge is 2.21. The number of hydrazone groups is 1. The number of hydrogen-bond acceptors (Lipinski definition) is 3. The van der Waals surface area contributed by atoms with Gasteiger partial charge >= 0.3 is 6.03 Å². The molecule has 2 N–H and O–H groups in total. The Kier molecular flexibility index (Phi) is 4.92. The van der Waals surface area contributed by atoms with E-state index in [2.05, 4.69) is 15.8 Å². The third-order valence-electron chi connectivity index (χ3n) is 3.33. The fourth-order valence-electron chi connectivity index (χ4n) is 2.20. The molecule has 0 atom stereocenters. The van der Waals surface area contributed by atoms with Gasteiger partial charge in [-0.15, -0.1) is 0 Å². The quantitative estimate of drug-likeness (QED) is 0.655. The van der Waals surface area contributed by atoms with Gasteiger partial charge in [0.15, 0.2) is 0 Å². The molecule has 0 saturated carbocycles. The van der Waals surface area contributed by atoms with Crippen molar-refractivity contribution in [1.29, 1.82) is 0 Å². The Morgan fingerprint density at radius 3 is 2.62 bits per heavy atom. The maximum absolute atomic E-state index is 11.7. The van der Waals surface area contributed by atoms with Crippen molar-refractivity contribution < 1.29 is 9.59 Å². The van der Waals surface area contributed by atoms with E-state index < -0.39 is 0 Å². The number of urea groups is 1. The highest BCUT2D eigenvalue weighted by molar-refractivity contribution is 6.00. The van der Waals surface area contributed by atoms with Crippen molar-refractivity contribution in [2.45, 2.75) is 26.7 Å². The smallest absolute Gasteiger partial charge is 0.335 e. The number of carbonyl (C=O) groups is 2. The van der Waals surface area contributed by atoms with Gasteiger partial charge in [0.25, 0.3) is 0 Å². The van der Waals surface area contributed by atoms with Crippen LogP contribution in [0, 0.1) is 0 Å². The highest BCUT2D eigenvalue weighted by Crippen LogP contribution is 2.21. The van der Waals surface area contributed by atoms with Crippen LogP contribution in [0.3, 0.4) is 0 Å². The summed E-state index contributed by atoms with van der Waals surface area (Å²) in [6, 6.07) is 7.29. The Morgan fingerprint density at radius 2 is 2.05 bits per heavy atom. The minimum absolute atomic E-state index is 0.172. The molecule has 1 aromatic carbocycles. The Hall–Kier alpha value is -2.37. The summed E-state index contributed by atoms with van der Waals surface area (Å²) in [6.07, 6.45) is 1.54. The van der Waals surface area contributed by atoms with Crippen molar-refractivity contribution in [2.24, 2.45) is 5.10 Å². The molecular formula is C15H20N4O2. The van der Waals surface area contributed by atoms with Gasteiger partial charge in [-0.2, -0.15) is 5.10 Å². The zero-order valence-corrected chi connectivity index (χ0v) is 12.3. The first-order valence-corrected chi connectivity index (χ1v) is 7.10. The zero-order valence-electron chi connectivity index (χ0n) is 12.3. The van der Waals surface area contributed by atoms with Crippen molar-refractivity contribution in [2.75, 3.05) is 18.0 Å². The average Bonchev–Trinajstić information content (AvgIpc) is 2.91. The summed E-state index contributed by atoms with van der Waals surface area (Å²) in [5, 5.41) is 6.63. The molecule has 3 amide bonds. The molecule has 1 heterocycles. The Bertz CT molecular complexity index is 551. The number of amides is 3. The molecule has 0 unspecified atom stereocenters. The maximum atomic E-state index is 11.7. The number of benzene rings is 1. The predicted octanol–water partition coefficient (Wildman–Crippen LogP) is 1.86. The lowest BCUT2D eigenvalue weighted by molar-refractivity contribution is -0.117. The minimum atomic E-state index is -0.323. The average molecular weight is 288 g/mol. The molecule has 6 heteroatoms. The Morgan fingerprint density at radius 1 is 1.33 bits per heavy atom. The third kappa shape index (κ3) is 3.81. The topological polar surface area (TPSA) is 73.8 Å². The molecule has 6 nitrogen and oxygen atoms in total. The maximum Gasteiger partial charge on any atom is 0.335 e. The highest BCUT2D eigenvalue weighted by atomic mass is 16.2. The van der Waals surface area contributed by atoms with E-state index in [1.807, 2.05) is 38.1 Å². The van der Waals surface area contributed by atoms with Gasteiger partial charge in [0.1, 0.15) is 0 Å². The van der Waals surface area contributed by atoms with Crippen molar-refractivity contribution in [3.63, 3.8) is 0 Å². The van der Waals surface area contributed by atoms with Crippen LogP contribution in [0.15, 0.2) is 29.4 Å². The number of carbonyl (C=O) groups excluding carboxylic acids is 2. The first-order chi connectivity index (χ1) is 10.1. The van der Waals surface area contributed by atoms with E-state index in [4.69, 9.17) is 0 Å². The normalized spacial score (nSPS) is 15.2. The van der Waals surface area contributed by atoms with Gasteiger partial charge in [-0.3, -0.25) is 4.79 Å². The minimum Gasteiger partial charge on any atom is -0.337 e. The van der Waals surface area contributed by atoms with Gasteiger partial charge in [0, 0.05) is 25.2 Å². The first kappa shape index (κ1) is 15.0. The van der Waals surface area contributed by atoms with Gasteiger partial charge in [-0.25, -0.2) is 10.2 Å². The summed E-state index contributed by atoms with van der Waals surface area (Å²) in [6.45, 7) is 5.00. The molecule has 112 valence electrons. The monoisotopic (exact) mass is 288 g/mol. The van der Waals surface area contributed by atoms with Crippen LogP contribution in [0.2, 0.25) is 0 Å². The molecule has 2 rings (SSSR count). The molecule has 0 aliphatic carbocycles. The summed E-state index contributed by atoms with van der Waals surface area (Å²) in [4.78, 5) is 24.7. The fraction of sp³-hybridized carbons (Fsp3) is 0.400. The Labute approximate surface area is 124 Å². The van der Waals surface area contributed by atoms with Crippen LogP contribution in [-0.4, -0.2) is 30.7 Å². The van der Waals surface area contributed by atoms with Crippen molar-refractivity contribution in [3.8, 4) is 0 Å². The van der Waals surface area contributed by atoms with Gasteiger partial charge < -0.3 is 10.2 Å². The fourth-order valence-corrected chi connectivity index (χ4v) is 2.20. The van der Waals surface area contributed by atoms with E-state index in [0.717, 1.165) is 24.2 Å². The molecule has 1 aliphatic heterocycles. The molecule has 1 aromatic rings. The molecule has 0 spiro atoms. The standard InChI is InChI=1S/C15H20N4O2/c1-3-16-15(21)18-17-11(2)12-6-8-13(9-7-12)19-10-4-5-14(19)20/h6-9H,3-5,10H2,1-2H3,(H2,16,18,21)/b17-11+. The predicted molar refractivity (Wildman–Crippen MR) is 82.4 cm³/mol. The van der Waals surface area contributed by atoms with Gasteiger partial charge in [0.2, 0.25) is 5.91 Å². The second-order valence-corrected chi connectivity index (χ2v) is 4.86. The van der Waals surface area contributed by atoms with Crippen LogP contribution in [0.4, 0.5) is 10.5 Å². The second kappa shape index (κ2) is 6.88. The summed E-state index contributed by atoms with van der Waals surface area (Å²) >= 11 is 0. The molecule has 1 saturated heterocycles. The Balaban J connectivity index is 2.02. The third-order valence-corrected chi connectivity index (χ3v) is 3.33. The van der Waals surface area contributed by atoms with Crippen LogP contribution in [0.1, 0.15) is 32.3 Å². The number of anilines is 1. The van der Waals surface area contributed by atoms with Crippen LogP contribution >= 0.6 is 0 Å². The number of nitrogens with zero attached hydrogens (tertiary/aromatic N) is 2. The van der Waals surface area contributed by atoms with E-state index >= 15 is 0 Å². The molecule has 21 heavy (non-hydrogen) atoms. The number of nitrogens with one attached hydrogen (secondary N) is 2. The van der Waals surface area contributed by atoms with Crippen LogP contribution in [0.25, 0.3) is 0 Å². The molecule has 1 fully saturated rings. The number of hydrogen-bond donors (Lipinski definition) is 2. The molecular weight excluding hydrogens is 268 g/mol. The lowest BCUT2D eigenvalue weighted by atomic mass is 10.1. The van der Waals surface area contributed by atoms with E-state index in [0.29, 0.717) is 18.7 Å². The van der Waals surface area contributed by atoms with Crippen LogP contribution in [-0.2, 0) is 4.79 Å². The second-order valence-electron chi connectivity index (χ2n) is 4.86. The number of rotatable bonds is 4. The zero-order chi connectivity index (χ0) is 15.2. The van der Waals surface area contributed by atoms with Gasteiger partial charge in [0.05, 0.1) is 5.71 Å². The van der Waals surface area contributed by atoms with Gasteiger partial charge in [-0.05, 0) is 38.0 Å². The lowest BCUT2D eigenvalue weighted by Crippen LogP contribution is -2.32. The van der Waals surface area contributed by atoms with Crippen LogP contribution < -0.4 is 15.6 Å². The molecule has 0 radical (unpaired) electrons. The van der Waals surface area contributed by atoms with E-state index in [9.17, 15) is 9.59 Å². The van der Waals surface area contributed by atoms with E-state index in [-0.39, 0.29) is 11.9 Å². The summed E-state index contributed by atoms with van der Waals surface area (Å²) in [7, 11) is 0. The van der Waals surface area contributed by atoms with Crippen molar-refractivity contribution >= 4 is 23.3 Å². The van der Waals surface area contributed by atoms with Crippen molar-refractivity contribution in [3.05, 3.63) is 29.8 Å². The SMILES string of the molecule is CCNC(=O)N/N=C(\C)c1ccc(N2CCCC2=O)cc1. The summed E-state index contributed by atoms with van der Waals surface area (Å²) < 4.78 is 0. The van der Waals surface area contributed by atoms with Crippen molar-refractivity contribution in [1.82, 2.24) is 10.7 Å². The van der Waals surface area contributed by atoms with Gasteiger partial charge in [-0.1, -0.05) is 12.1 Å². The van der Waals surface area contributed by atoms with E-state index in [1.54, 1.807) is 4.90 Å². The van der Waals surface area contributed by atoms with Crippen LogP contribution in [0.5, 0.6) is 0 Å². The first-order valence-electron chi connectivity index (χ1n) is 7.10. The molecule has 0 bridgehead atoms. The summed E-state index contributed by atoms with van der Waals surface area (Å²) in [5.41, 5.74) is 4.95. The summed E-state index contributed by atoms with van der Waals surface area (Å²) in [5.74, 6) is 0.172. The molecule has 0 aromatic heterocycles. The largest absolute Gasteiger partial charge is 0.337 e. The lowest BCUT2D eigenvalue weighted by Gasteiger charge is -2.15. The van der Waals surface area contributed by atoms with E-state index in [1.165, 1.54) is 0 Å².